The largest absolute Gasteiger partial charge is 0.315 e. The number of nitro groups is 1. The Labute approximate surface area is 115 Å². The molecule has 110 valence electrons. The number of rotatable bonds is 4. The van der Waals surface area contributed by atoms with Crippen LogP contribution >= 0.6 is 0 Å². The number of hydrogen-bond donors (Lipinski definition) is 2. The van der Waals surface area contributed by atoms with E-state index < -0.39 is 31.7 Å². The van der Waals surface area contributed by atoms with Crippen LogP contribution in [0.15, 0.2) is 18.2 Å². The van der Waals surface area contributed by atoms with E-state index in [1.54, 1.807) is 0 Å². The summed E-state index contributed by atoms with van der Waals surface area (Å²) < 4.78 is 39.9. The number of nitrogens with one attached hydrogen (secondary N) is 2. The van der Waals surface area contributed by atoms with Gasteiger partial charge in [-0.05, 0) is 25.5 Å². The van der Waals surface area contributed by atoms with E-state index in [1.807, 2.05) is 0 Å². The zero-order valence-electron chi connectivity index (χ0n) is 10.5. The lowest BCUT2D eigenvalue weighted by atomic mass is 10.2. The smallest absolute Gasteiger partial charge is 0.271 e. The molecule has 0 radical (unpaired) electrons. The Morgan fingerprint density at radius 1 is 1.45 bits per heavy atom. The molecule has 0 saturated carbocycles. The maximum absolute atomic E-state index is 13.6. The van der Waals surface area contributed by atoms with Gasteiger partial charge in [-0.15, -0.1) is 0 Å². The van der Waals surface area contributed by atoms with Gasteiger partial charge in [0.05, 0.1) is 15.9 Å². The highest BCUT2D eigenvalue weighted by Crippen LogP contribution is 2.24. The number of piperidine rings is 1. The summed E-state index contributed by atoms with van der Waals surface area (Å²) in [7, 11) is -3.78. The van der Waals surface area contributed by atoms with E-state index in [2.05, 4.69) is 10.0 Å². The minimum Gasteiger partial charge on any atom is -0.315 e. The number of nitrogens with zero attached hydrogens (tertiary/aromatic N) is 1. The first kappa shape index (κ1) is 14.7. The van der Waals surface area contributed by atoms with Crippen molar-refractivity contribution in [3.8, 4) is 0 Å². The molecule has 0 aromatic heterocycles. The quantitative estimate of drug-likeness (QED) is 0.643. The van der Waals surface area contributed by atoms with Gasteiger partial charge in [0.25, 0.3) is 5.69 Å². The average Bonchev–Trinajstić information content (AvgIpc) is 2.42. The summed E-state index contributed by atoms with van der Waals surface area (Å²) in [6.07, 6.45) is 1.18. The van der Waals surface area contributed by atoms with Gasteiger partial charge in [-0.3, -0.25) is 14.8 Å². The average molecular weight is 303 g/mol. The second kappa shape index (κ2) is 5.71. The van der Waals surface area contributed by atoms with Crippen LogP contribution in [-0.4, -0.2) is 31.7 Å². The number of sulfonamides is 1. The number of nitro benzene ring substituents is 1. The molecular weight excluding hydrogens is 289 g/mol. The van der Waals surface area contributed by atoms with Gasteiger partial charge < -0.3 is 5.32 Å². The molecule has 1 aliphatic heterocycles. The molecule has 0 spiro atoms. The van der Waals surface area contributed by atoms with Crippen molar-refractivity contribution in [2.75, 3.05) is 17.8 Å². The molecule has 20 heavy (non-hydrogen) atoms. The van der Waals surface area contributed by atoms with Crippen molar-refractivity contribution in [3.63, 3.8) is 0 Å². The molecule has 0 amide bonds. The van der Waals surface area contributed by atoms with Gasteiger partial charge in [0.15, 0.2) is 0 Å². The third-order valence-electron chi connectivity index (χ3n) is 3.10. The molecule has 1 fully saturated rings. The molecule has 0 aliphatic carbocycles. The van der Waals surface area contributed by atoms with E-state index in [4.69, 9.17) is 0 Å². The van der Waals surface area contributed by atoms with Crippen molar-refractivity contribution in [2.24, 2.45) is 0 Å². The summed E-state index contributed by atoms with van der Waals surface area (Å²) in [5, 5.41) is 12.9. The summed E-state index contributed by atoms with van der Waals surface area (Å²) in [6, 6.07) is 2.73. The van der Waals surface area contributed by atoms with Crippen LogP contribution in [0.3, 0.4) is 0 Å². The van der Waals surface area contributed by atoms with E-state index in [0.29, 0.717) is 12.8 Å². The molecule has 1 atom stereocenters. The second-order valence-corrected chi connectivity index (χ2v) is 6.50. The molecule has 0 bridgehead atoms. The predicted molar refractivity (Wildman–Crippen MR) is 71.5 cm³/mol. The topological polar surface area (TPSA) is 101 Å². The molecule has 2 N–H and O–H groups in total. The molecule has 1 unspecified atom stereocenters. The maximum Gasteiger partial charge on any atom is 0.271 e. The second-order valence-electron chi connectivity index (χ2n) is 4.54. The van der Waals surface area contributed by atoms with Crippen molar-refractivity contribution in [1.29, 1.82) is 0 Å². The van der Waals surface area contributed by atoms with Crippen molar-refractivity contribution in [1.82, 2.24) is 5.32 Å². The first-order valence-electron chi connectivity index (χ1n) is 6.06. The van der Waals surface area contributed by atoms with Gasteiger partial charge in [0, 0.05) is 18.7 Å². The standard InChI is InChI=1S/C11H14FN3O4S/c12-10-4-3-8(15(16)17)6-11(10)14-20(18,19)9-2-1-5-13-7-9/h3-4,6,9,13-14H,1-2,5,7H2. The highest BCUT2D eigenvalue weighted by molar-refractivity contribution is 7.93. The van der Waals surface area contributed by atoms with Gasteiger partial charge in [0.2, 0.25) is 10.0 Å². The summed E-state index contributed by atoms with van der Waals surface area (Å²) >= 11 is 0. The highest BCUT2D eigenvalue weighted by Gasteiger charge is 2.28. The number of anilines is 1. The monoisotopic (exact) mass is 303 g/mol. The fourth-order valence-electron chi connectivity index (χ4n) is 2.03. The summed E-state index contributed by atoms with van der Waals surface area (Å²) in [6.45, 7) is 1.03. The van der Waals surface area contributed by atoms with Crippen LogP contribution in [0.5, 0.6) is 0 Å². The third kappa shape index (κ3) is 3.23. The van der Waals surface area contributed by atoms with E-state index >= 15 is 0 Å². The Morgan fingerprint density at radius 3 is 2.80 bits per heavy atom. The molecule has 1 aromatic carbocycles. The van der Waals surface area contributed by atoms with Gasteiger partial charge in [-0.25, -0.2) is 12.8 Å². The van der Waals surface area contributed by atoms with Crippen LogP contribution in [0.2, 0.25) is 0 Å². The SMILES string of the molecule is O=[N+]([O-])c1ccc(F)c(NS(=O)(=O)C2CCCNC2)c1. The summed E-state index contributed by atoms with van der Waals surface area (Å²) in [5.74, 6) is -0.844. The van der Waals surface area contributed by atoms with Crippen LogP contribution in [-0.2, 0) is 10.0 Å². The lowest BCUT2D eigenvalue weighted by molar-refractivity contribution is -0.384. The third-order valence-corrected chi connectivity index (χ3v) is 4.89. The maximum atomic E-state index is 13.6. The molecule has 9 heteroatoms. The molecule has 1 aliphatic rings. The molecule has 7 nitrogen and oxygen atoms in total. The Bertz CT molecular complexity index is 614. The van der Waals surface area contributed by atoms with Crippen LogP contribution in [0.1, 0.15) is 12.8 Å². The van der Waals surface area contributed by atoms with Gasteiger partial charge in [-0.2, -0.15) is 0 Å². The lowest BCUT2D eigenvalue weighted by Crippen LogP contribution is -2.41. The van der Waals surface area contributed by atoms with E-state index in [-0.39, 0.29) is 12.2 Å². The van der Waals surface area contributed by atoms with Gasteiger partial charge >= 0.3 is 0 Å². The zero-order valence-corrected chi connectivity index (χ0v) is 11.3. The van der Waals surface area contributed by atoms with Crippen LogP contribution in [0, 0.1) is 15.9 Å². The van der Waals surface area contributed by atoms with E-state index in [1.165, 1.54) is 0 Å². The predicted octanol–water partition coefficient (Wildman–Crippen LogP) is 1.23. The lowest BCUT2D eigenvalue weighted by Gasteiger charge is -2.23. The van der Waals surface area contributed by atoms with Crippen molar-refractivity contribution in [2.45, 2.75) is 18.1 Å². The Morgan fingerprint density at radius 2 is 2.20 bits per heavy atom. The Hall–Kier alpha value is -1.74. The molecular formula is C11H14FN3O4S. The summed E-state index contributed by atoms with van der Waals surface area (Å²) in [5.41, 5.74) is -0.768. The van der Waals surface area contributed by atoms with Crippen LogP contribution in [0.4, 0.5) is 15.8 Å². The molecule has 2 rings (SSSR count). The number of non-ortho nitro benzene ring substituents is 1. The summed E-state index contributed by atoms with van der Waals surface area (Å²) in [4.78, 5) is 9.92. The van der Waals surface area contributed by atoms with Crippen LogP contribution < -0.4 is 10.0 Å². The fourth-order valence-corrected chi connectivity index (χ4v) is 3.47. The normalized spacial score (nSPS) is 19.6. The van der Waals surface area contributed by atoms with Gasteiger partial charge in [-0.1, -0.05) is 0 Å². The molecule has 1 heterocycles. The minimum atomic E-state index is -3.78. The van der Waals surface area contributed by atoms with Crippen molar-refractivity contribution < 1.29 is 17.7 Å². The molecule has 1 saturated heterocycles. The first-order valence-corrected chi connectivity index (χ1v) is 7.61. The van der Waals surface area contributed by atoms with Gasteiger partial charge in [0.1, 0.15) is 5.82 Å². The zero-order chi connectivity index (χ0) is 14.8. The van der Waals surface area contributed by atoms with Crippen molar-refractivity contribution in [3.05, 3.63) is 34.1 Å². The Kier molecular flexibility index (Phi) is 4.19. The molecule has 1 aromatic rings. The van der Waals surface area contributed by atoms with Crippen molar-refractivity contribution >= 4 is 21.4 Å². The highest BCUT2D eigenvalue weighted by atomic mass is 32.2. The number of halogens is 1. The number of hydrogen-bond acceptors (Lipinski definition) is 5. The van der Waals surface area contributed by atoms with Crippen LogP contribution in [0.25, 0.3) is 0 Å². The first-order chi connectivity index (χ1) is 9.40. The van der Waals surface area contributed by atoms with E-state index in [9.17, 15) is 22.9 Å². The Balaban J connectivity index is 2.24. The van der Waals surface area contributed by atoms with E-state index in [0.717, 1.165) is 24.7 Å². The minimum absolute atomic E-state index is 0.284. The fraction of sp³-hybridized carbons (Fsp3) is 0.455. The number of benzene rings is 1.